The van der Waals surface area contributed by atoms with E-state index in [2.05, 4.69) is 5.32 Å². The second-order valence-corrected chi connectivity index (χ2v) is 2.54. The van der Waals surface area contributed by atoms with Crippen molar-refractivity contribution >= 4 is 5.91 Å². The molecule has 1 aromatic rings. The average Bonchev–Trinajstić information content (AvgIpc) is 2.18. The minimum absolute atomic E-state index is 0. The number of carbonyl (C=O) groups excluding carboxylic acids is 1. The number of amides is 1. The molecule has 0 heterocycles. The van der Waals surface area contributed by atoms with E-state index in [1.807, 2.05) is 6.92 Å². The molecule has 0 aromatic heterocycles. The maximum absolute atomic E-state index is 11.1. The van der Waals surface area contributed by atoms with E-state index >= 15 is 0 Å². The Bertz CT molecular complexity index is 285. The van der Waals surface area contributed by atoms with Gasteiger partial charge in [0, 0.05) is 14.0 Å². The summed E-state index contributed by atoms with van der Waals surface area (Å²) in [4.78, 5) is 11.1. The van der Waals surface area contributed by atoms with Gasteiger partial charge in [0.05, 0.1) is 6.61 Å². The summed E-state index contributed by atoms with van der Waals surface area (Å²) in [6, 6.07) is 7.05. The molecule has 0 atom stereocenters. The van der Waals surface area contributed by atoms with E-state index < -0.39 is 0 Å². The topological polar surface area (TPSA) is 38.3 Å². The van der Waals surface area contributed by atoms with E-state index in [9.17, 15) is 4.79 Å². The minimum atomic E-state index is -0.0805. The Balaban J connectivity index is 0.00000169. The van der Waals surface area contributed by atoms with E-state index in [4.69, 9.17) is 4.74 Å². The quantitative estimate of drug-likeness (QED) is 0.770. The molecule has 0 aliphatic heterocycles. The monoisotopic (exact) mass is 181 g/mol. The Labute approximate surface area is 79.2 Å². The van der Waals surface area contributed by atoms with E-state index in [1.54, 1.807) is 31.3 Å². The van der Waals surface area contributed by atoms with Crippen LogP contribution < -0.4 is 10.1 Å². The van der Waals surface area contributed by atoms with Gasteiger partial charge in [-0.2, -0.15) is 0 Å². The fourth-order valence-electron chi connectivity index (χ4n) is 1.01. The predicted molar refractivity (Wildman–Crippen MR) is 53.1 cm³/mol. The molecule has 1 N–H and O–H groups in total. The van der Waals surface area contributed by atoms with Crippen LogP contribution in [0.3, 0.4) is 0 Å². The summed E-state index contributed by atoms with van der Waals surface area (Å²) < 4.78 is 5.24. The highest BCUT2D eigenvalue weighted by molar-refractivity contribution is 5.94. The van der Waals surface area contributed by atoms with E-state index in [1.165, 1.54) is 0 Å². The third-order valence-corrected chi connectivity index (χ3v) is 1.65. The van der Waals surface area contributed by atoms with Gasteiger partial charge in [0.25, 0.3) is 5.91 Å². The van der Waals surface area contributed by atoms with Crippen molar-refractivity contribution in [1.82, 2.24) is 5.32 Å². The fraction of sp³-hybridized carbons (Fsp3) is 0.300. The van der Waals surface area contributed by atoms with Crippen LogP contribution in [0.1, 0.15) is 18.7 Å². The highest BCUT2D eigenvalue weighted by atomic mass is 16.5. The van der Waals surface area contributed by atoms with Crippen LogP contribution >= 0.6 is 0 Å². The highest BCUT2D eigenvalue weighted by Crippen LogP contribution is 2.11. The van der Waals surface area contributed by atoms with Crippen LogP contribution in [-0.2, 0) is 0 Å². The summed E-state index contributed by atoms with van der Waals surface area (Å²) in [5, 5.41) is 2.55. The zero-order chi connectivity index (χ0) is 9.68. The second-order valence-electron chi connectivity index (χ2n) is 2.54. The smallest absolute Gasteiger partial charge is 0.251 e. The first-order valence-electron chi connectivity index (χ1n) is 4.23. The van der Waals surface area contributed by atoms with Gasteiger partial charge in [0.2, 0.25) is 0 Å². The molecule has 3 nitrogen and oxygen atoms in total. The third kappa shape index (κ3) is 2.47. The lowest BCUT2D eigenvalue weighted by Gasteiger charge is -2.03. The first kappa shape index (κ1) is 9.58. The Kier molecular flexibility index (Phi) is 3.31. The molecule has 1 amide bonds. The first-order chi connectivity index (χ1) is 6.27. The highest BCUT2D eigenvalue weighted by Gasteiger charge is 2.01. The molecule has 0 radical (unpaired) electrons. The molecule has 0 spiro atoms. The maximum atomic E-state index is 11.1. The van der Waals surface area contributed by atoms with E-state index in [-0.39, 0.29) is 7.33 Å². The molecular weight excluding hydrogens is 166 g/mol. The first-order valence-corrected chi connectivity index (χ1v) is 4.23. The Hall–Kier alpha value is -1.51. The van der Waals surface area contributed by atoms with Crippen molar-refractivity contribution in [3.05, 3.63) is 29.8 Å². The number of nitrogens with one attached hydrogen (secondary N) is 1. The zero-order valence-corrected chi connectivity index (χ0v) is 7.83. The average molecular weight is 181 g/mol. The number of carbonyl (C=O) groups is 1. The molecule has 1 rings (SSSR count). The molecule has 3 heteroatoms. The Morgan fingerprint density at radius 3 is 2.54 bits per heavy atom. The van der Waals surface area contributed by atoms with Gasteiger partial charge in [-0.1, -0.05) is 0 Å². The number of hydrogen-bond donors (Lipinski definition) is 1. The number of ether oxygens (including phenoxy) is 1. The minimum Gasteiger partial charge on any atom is -0.494 e. The SMILES string of the molecule is CCOc1ccc(C(=O)NC)cc1.[HH]. The number of benzene rings is 1. The van der Waals surface area contributed by atoms with Gasteiger partial charge in [-0.05, 0) is 31.2 Å². The molecule has 0 aliphatic rings. The van der Waals surface area contributed by atoms with Crippen LogP contribution in [-0.4, -0.2) is 19.6 Å². The van der Waals surface area contributed by atoms with Crippen LogP contribution in [0.15, 0.2) is 24.3 Å². The van der Waals surface area contributed by atoms with Crippen molar-refractivity contribution in [3.8, 4) is 5.75 Å². The molecule has 72 valence electrons. The summed E-state index contributed by atoms with van der Waals surface area (Å²) in [6.07, 6.45) is 0. The van der Waals surface area contributed by atoms with E-state index in [0.717, 1.165) is 5.75 Å². The van der Waals surface area contributed by atoms with Gasteiger partial charge in [-0.3, -0.25) is 4.79 Å². The van der Waals surface area contributed by atoms with Gasteiger partial charge in [0.1, 0.15) is 5.75 Å². The number of hydrogen-bond acceptors (Lipinski definition) is 2. The molecule has 0 unspecified atom stereocenters. The molecule has 0 saturated heterocycles. The van der Waals surface area contributed by atoms with Crippen LogP contribution in [0, 0.1) is 0 Å². The normalized spacial score (nSPS) is 9.38. The summed E-state index contributed by atoms with van der Waals surface area (Å²) in [6.45, 7) is 2.56. The van der Waals surface area contributed by atoms with Crippen molar-refractivity contribution in [2.75, 3.05) is 13.7 Å². The van der Waals surface area contributed by atoms with Gasteiger partial charge in [-0.25, -0.2) is 0 Å². The summed E-state index contributed by atoms with van der Waals surface area (Å²) in [7, 11) is 1.61. The maximum Gasteiger partial charge on any atom is 0.251 e. The summed E-state index contributed by atoms with van der Waals surface area (Å²) in [5.74, 6) is 0.707. The number of rotatable bonds is 3. The lowest BCUT2D eigenvalue weighted by Crippen LogP contribution is -2.17. The Morgan fingerprint density at radius 1 is 1.46 bits per heavy atom. The molecule has 0 fully saturated rings. The van der Waals surface area contributed by atoms with Crippen LogP contribution in [0.2, 0.25) is 0 Å². The van der Waals surface area contributed by atoms with Crippen molar-refractivity contribution in [1.29, 1.82) is 0 Å². The van der Waals surface area contributed by atoms with Crippen molar-refractivity contribution in [2.45, 2.75) is 6.92 Å². The van der Waals surface area contributed by atoms with Crippen LogP contribution in [0.4, 0.5) is 0 Å². The molecule has 1 aromatic carbocycles. The Morgan fingerprint density at radius 2 is 2.08 bits per heavy atom. The largest absolute Gasteiger partial charge is 0.494 e. The fourth-order valence-corrected chi connectivity index (χ4v) is 1.01. The summed E-state index contributed by atoms with van der Waals surface area (Å²) >= 11 is 0. The van der Waals surface area contributed by atoms with Gasteiger partial charge in [-0.15, -0.1) is 0 Å². The van der Waals surface area contributed by atoms with Crippen molar-refractivity contribution < 1.29 is 11.0 Å². The van der Waals surface area contributed by atoms with E-state index in [0.29, 0.717) is 12.2 Å². The van der Waals surface area contributed by atoms with Crippen LogP contribution in [0.5, 0.6) is 5.75 Å². The summed E-state index contributed by atoms with van der Waals surface area (Å²) in [5.41, 5.74) is 0.644. The molecule has 0 bridgehead atoms. The van der Waals surface area contributed by atoms with Gasteiger partial charge < -0.3 is 10.1 Å². The third-order valence-electron chi connectivity index (χ3n) is 1.65. The van der Waals surface area contributed by atoms with Gasteiger partial charge >= 0.3 is 0 Å². The molecular formula is C10H15NO2. The predicted octanol–water partition coefficient (Wildman–Crippen LogP) is 1.69. The zero-order valence-electron chi connectivity index (χ0n) is 7.83. The van der Waals surface area contributed by atoms with Crippen molar-refractivity contribution in [2.24, 2.45) is 0 Å². The second kappa shape index (κ2) is 4.50. The lowest BCUT2D eigenvalue weighted by atomic mass is 10.2. The van der Waals surface area contributed by atoms with Crippen molar-refractivity contribution in [3.63, 3.8) is 0 Å². The molecule has 13 heavy (non-hydrogen) atoms. The molecule has 0 saturated carbocycles. The molecule has 0 aliphatic carbocycles. The van der Waals surface area contributed by atoms with Crippen LogP contribution in [0.25, 0.3) is 0 Å². The standard InChI is InChI=1S/C10H13NO2.H2/c1-3-13-9-6-4-8(5-7-9)10(12)11-2;/h4-7H,3H2,1-2H3,(H,11,12);1H. The van der Waals surface area contributed by atoms with Gasteiger partial charge in [0.15, 0.2) is 0 Å². The lowest BCUT2D eigenvalue weighted by molar-refractivity contribution is 0.0963.